The van der Waals surface area contributed by atoms with Gasteiger partial charge in [-0.15, -0.1) is 0 Å². The van der Waals surface area contributed by atoms with Crippen molar-refractivity contribution in [3.05, 3.63) is 42.1 Å². The molecule has 5 N–H and O–H groups in total. The van der Waals surface area contributed by atoms with Gasteiger partial charge in [0.05, 0.1) is 29.6 Å². The highest BCUT2D eigenvalue weighted by molar-refractivity contribution is 5.82. The molecule has 0 aliphatic heterocycles. The average molecular weight is 415 g/mol. The Kier molecular flexibility index (Phi) is 4.08. The van der Waals surface area contributed by atoms with E-state index in [0.29, 0.717) is 17.1 Å². The first-order valence-corrected chi connectivity index (χ1v) is 9.20. The van der Waals surface area contributed by atoms with Crippen molar-refractivity contribution in [2.45, 2.75) is 25.1 Å². The van der Waals surface area contributed by atoms with E-state index >= 15 is 0 Å². The summed E-state index contributed by atoms with van der Waals surface area (Å²) in [5, 5.41) is 10.8. The van der Waals surface area contributed by atoms with E-state index in [1.54, 1.807) is 6.20 Å². The molecule has 30 heavy (non-hydrogen) atoms. The lowest BCUT2D eigenvalue weighted by atomic mass is 10.1. The Labute approximate surface area is 167 Å². The van der Waals surface area contributed by atoms with Gasteiger partial charge in [0.1, 0.15) is 0 Å². The molecule has 1 atom stereocenters. The predicted octanol–water partition coefficient (Wildman–Crippen LogP) is 3.30. The molecule has 1 aliphatic rings. The number of aromatic nitrogens is 7. The van der Waals surface area contributed by atoms with Crippen molar-refractivity contribution in [1.82, 2.24) is 35.1 Å². The van der Waals surface area contributed by atoms with Crippen LogP contribution in [0.15, 0.2) is 30.6 Å². The molecule has 9 nitrogen and oxygen atoms in total. The summed E-state index contributed by atoms with van der Waals surface area (Å²) >= 11 is 0. The second-order valence-corrected chi connectivity index (χ2v) is 7.16. The topological polar surface area (TPSA) is 134 Å². The van der Waals surface area contributed by atoms with E-state index in [4.69, 9.17) is 5.73 Å². The first-order chi connectivity index (χ1) is 14.4. The maximum Gasteiger partial charge on any atom is 0.449 e. The second kappa shape index (κ2) is 6.68. The molecule has 0 saturated heterocycles. The van der Waals surface area contributed by atoms with Gasteiger partial charge in [0.25, 0.3) is 0 Å². The van der Waals surface area contributed by atoms with Gasteiger partial charge >= 0.3 is 6.18 Å². The van der Waals surface area contributed by atoms with Gasteiger partial charge in [-0.1, -0.05) is 0 Å². The number of hydrogen-bond donors (Lipinski definition) is 4. The number of hydrogen-bond acceptors (Lipinski definition) is 7. The minimum absolute atomic E-state index is 0.00456. The van der Waals surface area contributed by atoms with Crippen LogP contribution in [0.25, 0.3) is 22.3 Å². The van der Waals surface area contributed by atoms with Crippen LogP contribution in [0, 0.1) is 5.92 Å². The molecule has 4 aromatic rings. The number of rotatable bonds is 5. The summed E-state index contributed by atoms with van der Waals surface area (Å²) in [7, 11) is 0. The summed E-state index contributed by atoms with van der Waals surface area (Å²) in [5.74, 6) is -0.345. The van der Waals surface area contributed by atoms with Gasteiger partial charge in [-0.3, -0.25) is 5.10 Å². The Bertz CT molecular complexity index is 1210. The molecule has 0 spiro atoms. The van der Waals surface area contributed by atoms with E-state index < -0.39 is 18.0 Å². The Hall–Kier alpha value is -3.70. The summed E-state index contributed by atoms with van der Waals surface area (Å²) in [6.07, 6.45) is 0.0906. The van der Waals surface area contributed by atoms with Crippen LogP contribution in [-0.2, 0) is 6.18 Å². The van der Waals surface area contributed by atoms with Crippen LogP contribution >= 0.6 is 0 Å². The zero-order valence-electron chi connectivity index (χ0n) is 15.4. The molecule has 3 heterocycles. The maximum atomic E-state index is 12.9. The molecule has 3 aromatic heterocycles. The molecule has 1 unspecified atom stereocenters. The van der Waals surface area contributed by atoms with Crippen LogP contribution < -0.4 is 11.1 Å². The Morgan fingerprint density at radius 1 is 1.13 bits per heavy atom. The van der Waals surface area contributed by atoms with Gasteiger partial charge in [0, 0.05) is 10.9 Å². The first-order valence-electron chi connectivity index (χ1n) is 9.20. The van der Waals surface area contributed by atoms with Crippen LogP contribution in [0.1, 0.15) is 30.4 Å². The van der Waals surface area contributed by atoms with E-state index in [1.807, 2.05) is 18.2 Å². The Morgan fingerprint density at radius 3 is 2.70 bits per heavy atom. The number of benzene rings is 1. The summed E-state index contributed by atoms with van der Waals surface area (Å²) in [6.45, 7) is 0. The highest BCUT2D eigenvalue weighted by Gasteiger charge is 2.38. The van der Waals surface area contributed by atoms with Crippen molar-refractivity contribution in [3.8, 4) is 11.4 Å². The lowest BCUT2D eigenvalue weighted by molar-refractivity contribution is -0.144. The highest BCUT2D eigenvalue weighted by atomic mass is 19.4. The Morgan fingerprint density at radius 2 is 1.97 bits per heavy atom. The number of alkyl halides is 3. The number of aromatic amines is 2. The molecular formula is C18H16F3N9. The van der Waals surface area contributed by atoms with Crippen molar-refractivity contribution in [2.24, 2.45) is 5.92 Å². The van der Waals surface area contributed by atoms with E-state index in [0.717, 1.165) is 23.7 Å². The minimum atomic E-state index is -4.54. The summed E-state index contributed by atoms with van der Waals surface area (Å²) in [5.41, 5.74) is 7.77. The fourth-order valence-electron chi connectivity index (χ4n) is 3.32. The smallest absolute Gasteiger partial charge is 0.368 e. The second-order valence-electron chi connectivity index (χ2n) is 7.16. The molecule has 0 bridgehead atoms. The Balaban J connectivity index is 1.46. The van der Waals surface area contributed by atoms with Gasteiger partial charge in [-0.05, 0) is 37.0 Å². The zero-order valence-corrected chi connectivity index (χ0v) is 15.4. The van der Waals surface area contributed by atoms with Crippen molar-refractivity contribution in [1.29, 1.82) is 0 Å². The fourth-order valence-corrected chi connectivity index (χ4v) is 3.32. The number of halogens is 3. The highest BCUT2D eigenvalue weighted by Crippen LogP contribution is 2.42. The van der Waals surface area contributed by atoms with Gasteiger partial charge in [-0.2, -0.15) is 33.2 Å². The lowest BCUT2D eigenvalue weighted by Crippen LogP contribution is -2.17. The standard InChI is InChI=1S/C18H16F3N9/c19-18(20,21)15-23-7-12(25-15)13(8-1-2-8)26-17-28-14(27-16(22)29-17)9-3-4-11-10(5-9)6-24-30-11/h3-8,13H,1-2H2,(H,23,25)(H,24,30)(H3,22,26,27,28,29). The van der Waals surface area contributed by atoms with Gasteiger partial charge in [0.2, 0.25) is 17.7 Å². The lowest BCUT2D eigenvalue weighted by Gasteiger charge is -2.17. The molecule has 1 saturated carbocycles. The number of anilines is 2. The molecule has 1 aromatic carbocycles. The van der Waals surface area contributed by atoms with Crippen molar-refractivity contribution >= 4 is 22.8 Å². The monoisotopic (exact) mass is 415 g/mol. The largest absolute Gasteiger partial charge is 0.449 e. The van der Waals surface area contributed by atoms with E-state index in [2.05, 4.69) is 40.4 Å². The third-order valence-electron chi connectivity index (χ3n) is 4.93. The van der Waals surface area contributed by atoms with Crippen LogP contribution in [0.2, 0.25) is 0 Å². The quantitative estimate of drug-likeness (QED) is 0.393. The fraction of sp³-hybridized carbons (Fsp3) is 0.278. The molecule has 0 radical (unpaired) electrons. The predicted molar refractivity (Wildman–Crippen MR) is 102 cm³/mol. The maximum absolute atomic E-state index is 12.9. The number of nitrogens with zero attached hydrogens (tertiary/aromatic N) is 5. The van der Waals surface area contributed by atoms with E-state index in [-0.39, 0.29) is 17.8 Å². The number of imidazole rings is 1. The molecule has 1 fully saturated rings. The van der Waals surface area contributed by atoms with Crippen molar-refractivity contribution in [2.75, 3.05) is 11.1 Å². The molecule has 0 amide bonds. The number of nitrogen functional groups attached to an aromatic ring is 1. The number of fused-ring (bicyclic) bond motifs is 1. The molecule has 12 heteroatoms. The summed E-state index contributed by atoms with van der Waals surface area (Å²) in [4.78, 5) is 18.5. The van der Waals surface area contributed by atoms with Gasteiger partial charge in [-0.25, -0.2) is 4.98 Å². The summed E-state index contributed by atoms with van der Waals surface area (Å²) in [6, 6.07) is 5.09. The molecule has 5 rings (SSSR count). The van der Waals surface area contributed by atoms with Crippen molar-refractivity contribution in [3.63, 3.8) is 0 Å². The van der Waals surface area contributed by atoms with Crippen LogP contribution in [0.5, 0.6) is 0 Å². The number of nitrogens with one attached hydrogen (secondary N) is 3. The molecular weight excluding hydrogens is 399 g/mol. The van der Waals surface area contributed by atoms with Crippen molar-refractivity contribution < 1.29 is 13.2 Å². The number of nitrogens with two attached hydrogens (primary N) is 1. The first kappa shape index (κ1) is 18.3. The van der Waals surface area contributed by atoms with Crippen LogP contribution in [0.4, 0.5) is 25.1 Å². The van der Waals surface area contributed by atoms with Crippen LogP contribution in [-0.4, -0.2) is 35.1 Å². The van der Waals surface area contributed by atoms with Gasteiger partial charge in [0.15, 0.2) is 5.82 Å². The van der Waals surface area contributed by atoms with Gasteiger partial charge < -0.3 is 16.0 Å². The number of H-pyrrole nitrogens is 2. The third kappa shape index (κ3) is 3.51. The SMILES string of the molecule is Nc1nc(NC(c2cnc(C(F)(F)F)[nH]2)C2CC2)nc(-c2ccc3[nH]ncc3c2)n1. The zero-order chi connectivity index (χ0) is 20.9. The molecule has 154 valence electrons. The van der Waals surface area contributed by atoms with Crippen LogP contribution in [0.3, 0.4) is 0 Å². The minimum Gasteiger partial charge on any atom is -0.368 e. The normalized spacial score (nSPS) is 15.4. The third-order valence-corrected chi connectivity index (χ3v) is 4.93. The molecule has 1 aliphatic carbocycles. The van der Waals surface area contributed by atoms with E-state index in [9.17, 15) is 13.2 Å². The average Bonchev–Trinajstić information content (AvgIpc) is 3.21. The van der Waals surface area contributed by atoms with E-state index in [1.165, 1.54) is 6.20 Å². The summed E-state index contributed by atoms with van der Waals surface area (Å²) < 4.78 is 38.8.